The number of amides is 1. The Kier molecular flexibility index (Phi) is 10.2. The molecule has 0 atom stereocenters. The number of aliphatic carboxylic acids is 1. The Balaban J connectivity index is 1.80. The third-order valence-electron chi connectivity index (χ3n) is 4.64. The van der Waals surface area contributed by atoms with E-state index in [0.717, 1.165) is 23.4 Å². The fraction of sp³-hybridized carbons (Fsp3) is 0.600. The fourth-order valence-corrected chi connectivity index (χ4v) is 13.6. The third kappa shape index (κ3) is 11.0. The molecule has 0 radical (unpaired) electrons. The zero-order valence-electron chi connectivity index (χ0n) is 20.0. The second kappa shape index (κ2) is 12.4. The molecular weight excluding hydrogens is 476 g/mol. The second-order valence-electron chi connectivity index (χ2n) is 9.17. The number of nitrogens with one attached hydrogen (secondary N) is 1. The number of thioether (sulfide) groups is 1. The summed E-state index contributed by atoms with van der Waals surface area (Å²) in [7, 11) is -3.70. The van der Waals surface area contributed by atoms with Crippen molar-refractivity contribution in [3.05, 3.63) is 29.8 Å². The number of nitrogens with zero attached hydrogens (tertiary/aromatic N) is 5. The van der Waals surface area contributed by atoms with Gasteiger partial charge in [0.2, 0.25) is 5.91 Å². The van der Waals surface area contributed by atoms with Crippen molar-refractivity contribution in [3.63, 3.8) is 0 Å². The van der Waals surface area contributed by atoms with Crippen LogP contribution >= 0.6 is 11.8 Å². The minimum absolute atomic E-state index is 0.00860. The van der Waals surface area contributed by atoms with Gasteiger partial charge in [-0.25, -0.2) is 14.6 Å². The van der Waals surface area contributed by atoms with Crippen LogP contribution in [0, 0.1) is 0 Å². The Morgan fingerprint density at radius 3 is 2.52 bits per heavy atom. The highest BCUT2D eigenvalue weighted by molar-refractivity contribution is 8.00. The van der Waals surface area contributed by atoms with Gasteiger partial charge in [0, 0.05) is 49.4 Å². The Bertz CT molecular complexity index is 924. The fourth-order valence-electron chi connectivity index (χ4n) is 3.30. The molecule has 2 rings (SSSR count). The lowest BCUT2D eigenvalue weighted by Gasteiger charge is -2.33. The van der Waals surface area contributed by atoms with Gasteiger partial charge in [-0.1, -0.05) is 17.0 Å². The molecule has 0 aliphatic heterocycles. The van der Waals surface area contributed by atoms with Gasteiger partial charge in [-0.2, -0.15) is 0 Å². The Hall–Kier alpha value is -2.10. The van der Waals surface area contributed by atoms with Crippen molar-refractivity contribution >= 4 is 40.3 Å². The Morgan fingerprint density at radius 1 is 1.18 bits per heavy atom. The maximum Gasteiger partial charge on any atom is 0.303 e. The van der Waals surface area contributed by atoms with Crippen LogP contribution in [0.4, 0.5) is 0 Å². The summed E-state index contributed by atoms with van der Waals surface area (Å²) >= 11 is 1.62. The highest BCUT2D eigenvalue weighted by atomic mass is 32.2. The molecule has 0 saturated heterocycles. The first kappa shape index (κ1) is 27.2. The molecular formula is C20H34N6O4SSi2. The van der Waals surface area contributed by atoms with Gasteiger partial charge in [-0.05, 0) is 38.7 Å². The van der Waals surface area contributed by atoms with E-state index in [1.807, 2.05) is 0 Å². The molecule has 2 N–H and O–H groups in total. The highest BCUT2D eigenvalue weighted by Gasteiger charge is 2.33. The SMILES string of the molecule is CC(=O)NCCC[Si](C)(C)O[Si](C)(C)CSc1ncc(Cn2cc(CCC(=O)O)nn2)cn1. The minimum atomic E-state index is -1.90. The summed E-state index contributed by atoms with van der Waals surface area (Å²) in [6, 6.07) is 1.01. The van der Waals surface area contributed by atoms with Crippen molar-refractivity contribution in [2.45, 2.75) is 70.1 Å². The van der Waals surface area contributed by atoms with Crippen LogP contribution in [0.5, 0.6) is 0 Å². The van der Waals surface area contributed by atoms with E-state index in [2.05, 4.69) is 51.8 Å². The normalized spacial score (nSPS) is 12.0. The number of aryl methyl sites for hydroxylation is 1. The molecule has 13 heteroatoms. The topological polar surface area (TPSA) is 132 Å². The van der Waals surface area contributed by atoms with Crippen LogP contribution in [0.3, 0.4) is 0 Å². The number of rotatable bonds is 14. The Morgan fingerprint density at radius 2 is 1.88 bits per heavy atom. The van der Waals surface area contributed by atoms with Gasteiger partial charge in [0.25, 0.3) is 0 Å². The lowest BCUT2D eigenvalue weighted by Crippen LogP contribution is -2.46. The van der Waals surface area contributed by atoms with Gasteiger partial charge in [-0.15, -0.1) is 5.10 Å². The van der Waals surface area contributed by atoms with Crippen molar-refractivity contribution in [1.29, 1.82) is 0 Å². The van der Waals surface area contributed by atoms with Gasteiger partial charge >= 0.3 is 5.97 Å². The first-order valence-electron chi connectivity index (χ1n) is 10.9. The van der Waals surface area contributed by atoms with Gasteiger partial charge in [0.05, 0.1) is 18.7 Å². The molecule has 2 heterocycles. The number of carboxylic acids is 1. The summed E-state index contributed by atoms with van der Waals surface area (Å²) in [5, 5.41) is 21.2. The molecule has 182 valence electrons. The van der Waals surface area contributed by atoms with Gasteiger partial charge in [-0.3, -0.25) is 9.59 Å². The Labute approximate surface area is 201 Å². The number of carboxylic acid groups (broad SMARTS) is 1. The molecule has 33 heavy (non-hydrogen) atoms. The summed E-state index contributed by atoms with van der Waals surface area (Å²) in [5.74, 6) is -0.843. The predicted octanol–water partition coefficient (Wildman–Crippen LogP) is 2.72. The minimum Gasteiger partial charge on any atom is -0.481 e. The average molecular weight is 511 g/mol. The van der Waals surface area contributed by atoms with E-state index in [-0.39, 0.29) is 12.3 Å². The molecule has 0 unspecified atom stereocenters. The zero-order chi connectivity index (χ0) is 24.5. The van der Waals surface area contributed by atoms with E-state index >= 15 is 0 Å². The summed E-state index contributed by atoms with van der Waals surface area (Å²) in [6.07, 6.45) is 6.65. The summed E-state index contributed by atoms with van der Waals surface area (Å²) in [5.41, 5.74) is 1.55. The standard InChI is InChI=1S/C20H34N6O4SSi2/c1-16(27)21-9-6-10-32(2,3)30-33(4,5)15-31-20-22-11-17(12-23-20)13-26-14-18(24-25-26)7-8-19(28)29/h11-12,14H,6-10,13,15H2,1-5H3,(H,21,27)(H,28,29). The zero-order valence-corrected chi connectivity index (χ0v) is 22.8. The second-order valence-corrected chi connectivity index (χ2v) is 19.3. The van der Waals surface area contributed by atoms with Crippen molar-refractivity contribution in [3.8, 4) is 0 Å². The monoisotopic (exact) mass is 510 g/mol. The molecule has 0 aliphatic rings. The molecule has 0 bridgehead atoms. The van der Waals surface area contributed by atoms with Crippen LogP contribution in [0.2, 0.25) is 32.2 Å². The lowest BCUT2D eigenvalue weighted by atomic mass is 10.2. The molecule has 10 nitrogen and oxygen atoms in total. The van der Waals surface area contributed by atoms with Crippen molar-refractivity contribution in [2.75, 3.05) is 11.9 Å². The van der Waals surface area contributed by atoms with Crippen LogP contribution in [0.25, 0.3) is 0 Å². The van der Waals surface area contributed by atoms with Crippen LogP contribution in [0.1, 0.15) is 31.0 Å². The average Bonchev–Trinajstić information content (AvgIpc) is 3.16. The van der Waals surface area contributed by atoms with Crippen molar-refractivity contribution in [2.24, 2.45) is 0 Å². The number of carbonyl (C=O) groups is 2. The van der Waals surface area contributed by atoms with E-state index in [1.165, 1.54) is 6.92 Å². The maximum atomic E-state index is 11.0. The molecule has 0 fully saturated rings. The number of hydrogen-bond donors (Lipinski definition) is 2. The highest BCUT2D eigenvalue weighted by Crippen LogP contribution is 2.25. The van der Waals surface area contributed by atoms with E-state index in [0.29, 0.717) is 30.4 Å². The molecule has 0 aliphatic carbocycles. The molecule has 0 spiro atoms. The number of aromatic nitrogens is 5. The molecule has 0 saturated carbocycles. The van der Waals surface area contributed by atoms with Crippen LogP contribution in [-0.2, 0) is 26.7 Å². The van der Waals surface area contributed by atoms with Crippen molar-refractivity contribution in [1.82, 2.24) is 30.3 Å². The van der Waals surface area contributed by atoms with Gasteiger partial charge in [0.1, 0.15) is 0 Å². The van der Waals surface area contributed by atoms with Crippen molar-refractivity contribution < 1.29 is 18.8 Å². The van der Waals surface area contributed by atoms with Crippen LogP contribution in [0.15, 0.2) is 23.7 Å². The van der Waals surface area contributed by atoms with Crippen LogP contribution < -0.4 is 5.32 Å². The number of hydrogen-bond acceptors (Lipinski definition) is 8. The molecule has 2 aromatic heterocycles. The van der Waals surface area contributed by atoms with E-state index in [9.17, 15) is 9.59 Å². The first-order valence-corrected chi connectivity index (χ1v) is 18.1. The summed E-state index contributed by atoms with van der Waals surface area (Å²) in [4.78, 5) is 30.6. The molecule has 2 aromatic rings. The maximum absolute atomic E-state index is 11.0. The predicted molar refractivity (Wildman–Crippen MR) is 132 cm³/mol. The quantitative estimate of drug-likeness (QED) is 0.170. The summed E-state index contributed by atoms with van der Waals surface area (Å²) < 4.78 is 8.29. The van der Waals surface area contributed by atoms with Gasteiger partial charge < -0.3 is 14.5 Å². The van der Waals surface area contributed by atoms with E-state index in [1.54, 1.807) is 35.0 Å². The van der Waals surface area contributed by atoms with E-state index in [4.69, 9.17) is 9.22 Å². The smallest absolute Gasteiger partial charge is 0.303 e. The van der Waals surface area contributed by atoms with Gasteiger partial charge in [0.15, 0.2) is 21.8 Å². The third-order valence-corrected chi connectivity index (χ3v) is 14.4. The molecule has 0 aromatic carbocycles. The lowest BCUT2D eigenvalue weighted by molar-refractivity contribution is -0.137. The molecule has 1 amide bonds. The van der Waals surface area contributed by atoms with E-state index < -0.39 is 22.6 Å². The largest absolute Gasteiger partial charge is 0.481 e. The van der Waals surface area contributed by atoms with Crippen LogP contribution in [-0.4, -0.2) is 70.5 Å². The number of carbonyl (C=O) groups excluding carboxylic acids is 1. The first-order chi connectivity index (χ1) is 15.4. The summed E-state index contributed by atoms with van der Waals surface area (Å²) in [6.45, 7) is 11.6.